The predicted octanol–water partition coefficient (Wildman–Crippen LogP) is 7.33. The van der Waals surface area contributed by atoms with Crippen molar-refractivity contribution in [2.45, 2.75) is 78.0 Å². The van der Waals surface area contributed by atoms with Gasteiger partial charge in [-0.2, -0.15) is 3.89 Å². The third-order valence-electron chi connectivity index (χ3n) is 4.96. The highest BCUT2D eigenvalue weighted by atomic mass is 32.2. The molecule has 1 atom stereocenters. The first kappa shape index (κ1) is 23.8. The number of allylic oxidation sites excluding steroid dienone is 1. The Hall–Kier alpha value is -1.26. The summed E-state index contributed by atoms with van der Waals surface area (Å²) >= 11 is 0.354. The number of hydrogen-bond donors (Lipinski definition) is 2. The summed E-state index contributed by atoms with van der Waals surface area (Å²) in [5, 5.41) is 1.03. The number of fused-ring (bicyclic) bond motifs is 1. The fourth-order valence-corrected chi connectivity index (χ4v) is 4.01. The molecule has 1 aromatic carbocycles. The van der Waals surface area contributed by atoms with Gasteiger partial charge in [-0.25, -0.2) is 0 Å². The molecule has 0 radical (unpaired) electrons. The molecular formula is C23H37FN2S. The van der Waals surface area contributed by atoms with Crippen LogP contribution < -0.4 is 5.73 Å². The number of benzene rings is 1. The second kappa shape index (κ2) is 11.6. The lowest BCUT2D eigenvalue weighted by Gasteiger charge is -2.09. The highest BCUT2D eigenvalue weighted by molar-refractivity contribution is 7.94. The lowest BCUT2D eigenvalue weighted by molar-refractivity contribution is 0.558. The summed E-state index contributed by atoms with van der Waals surface area (Å²) < 4.78 is 13.4. The smallest absolute Gasteiger partial charge is 0.0822 e. The summed E-state index contributed by atoms with van der Waals surface area (Å²) in [6.45, 7) is 17.3. The average molecular weight is 393 g/mol. The molecule has 0 saturated heterocycles. The molecule has 1 unspecified atom stereocenters. The Morgan fingerprint density at radius 3 is 2.33 bits per heavy atom. The summed E-state index contributed by atoms with van der Waals surface area (Å²) in [4.78, 5) is 4.20. The van der Waals surface area contributed by atoms with Gasteiger partial charge in [0.1, 0.15) is 0 Å². The number of H-pyrrole nitrogens is 1. The first-order valence-electron chi connectivity index (χ1n) is 10.1. The van der Waals surface area contributed by atoms with Gasteiger partial charge in [0.25, 0.3) is 0 Å². The average Bonchev–Trinajstić information content (AvgIpc) is 3.00. The van der Waals surface area contributed by atoms with Gasteiger partial charge in [0.15, 0.2) is 0 Å². The van der Waals surface area contributed by atoms with Crippen LogP contribution in [0.15, 0.2) is 29.2 Å². The summed E-state index contributed by atoms with van der Waals surface area (Å²) in [6, 6.07) is 4.07. The maximum absolute atomic E-state index is 13.4. The molecule has 27 heavy (non-hydrogen) atoms. The molecule has 0 saturated carbocycles. The van der Waals surface area contributed by atoms with E-state index in [2.05, 4.69) is 59.2 Å². The minimum absolute atomic E-state index is 0.354. The SMILES string of the molecule is C=C(C)CC(C)CC.CCc1ccc2[nH]c(C(C)C)c(CCN)c2c1SF. The zero-order valence-corrected chi connectivity index (χ0v) is 18.7. The molecule has 1 heterocycles. The van der Waals surface area contributed by atoms with E-state index in [1.54, 1.807) is 0 Å². The molecule has 0 aliphatic heterocycles. The monoisotopic (exact) mass is 392 g/mol. The van der Waals surface area contributed by atoms with Crippen molar-refractivity contribution in [1.82, 2.24) is 4.98 Å². The second-order valence-electron chi connectivity index (χ2n) is 7.79. The zero-order valence-electron chi connectivity index (χ0n) is 17.9. The van der Waals surface area contributed by atoms with E-state index in [9.17, 15) is 3.89 Å². The predicted molar refractivity (Wildman–Crippen MR) is 120 cm³/mol. The van der Waals surface area contributed by atoms with Crippen molar-refractivity contribution in [1.29, 1.82) is 0 Å². The van der Waals surface area contributed by atoms with Gasteiger partial charge in [-0.1, -0.05) is 52.7 Å². The van der Waals surface area contributed by atoms with Gasteiger partial charge >= 0.3 is 0 Å². The van der Waals surface area contributed by atoms with Crippen molar-refractivity contribution in [2.75, 3.05) is 6.54 Å². The summed E-state index contributed by atoms with van der Waals surface area (Å²) in [5.74, 6) is 1.21. The number of rotatable bonds is 8. The molecule has 0 bridgehead atoms. The van der Waals surface area contributed by atoms with Crippen LogP contribution in [0.25, 0.3) is 10.9 Å². The largest absolute Gasteiger partial charge is 0.358 e. The third-order valence-corrected chi connectivity index (χ3v) is 5.58. The standard InChI is InChI=1S/C15H21FN2S.C8H16/c1-4-10-5-6-12-13(15(10)19-16)11(7-8-17)14(18-12)9(2)3;1-5-8(4)6-7(2)3/h5-6,9,18H,4,7-8,17H2,1-3H3;8H,2,5-6H2,1,3-4H3. The van der Waals surface area contributed by atoms with Crippen molar-refractivity contribution in [2.24, 2.45) is 11.7 Å². The van der Waals surface area contributed by atoms with Crippen molar-refractivity contribution in [3.8, 4) is 0 Å². The molecule has 0 fully saturated rings. The molecule has 152 valence electrons. The summed E-state index contributed by atoms with van der Waals surface area (Å²) in [5.41, 5.74) is 11.5. The minimum Gasteiger partial charge on any atom is -0.358 e. The Bertz CT molecular complexity index is 734. The molecule has 2 nitrogen and oxygen atoms in total. The maximum Gasteiger partial charge on any atom is 0.0822 e. The van der Waals surface area contributed by atoms with E-state index in [1.165, 1.54) is 29.7 Å². The number of aromatic amines is 1. The van der Waals surface area contributed by atoms with E-state index >= 15 is 0 Å². The number of nitrogens with two attached hydrogens (primary N) is 1. The van der Waals surface area contributed by atoms with Crippen molar-refractivity contribution >= 4 is 23.1 Å². The van der Waals surface area contributed by atoms with Gasteiger partial charge in [0.05, 0.1) is 17.0 Å². The van der Waals surface area contributed by atoms with Crippen molar-refractivity contribution in [3.05, 3.63) is 41.1 Å². The molecular weight excluding hydrogens is 355 g/mol. The third kappa shape index (κ3) is 6.39. The van der Waals surface area contributed by atoms with Crippen LogP contribution in [0.5, 0.6) is 0 Å². The highest BCUT2D eigenvalue weighted by Gasteiger charge is 2.18. The quantitative estimate of drug-likeness (QED) is 0.462. The van der Waals surface area contributed by atoms with Crippen LogP contribution in [-0.2, 0) is 12.8 Å². The molecule has 2 rings (SSSR count). The fourth-order valence-electron chi connectivity index (χ4n) is 3.39. The molecule has 0 spiro atoms. The van der Waals surface area contributed by atoms with Crippen LogP contribution in [0.4, 0.5) is 3.89 Å². The van der Waals surface area contributed by atoms with E-state index in [0.717, 1.165) is 40.1 Å². The highest BCUT2D eigenvalue weighted by Crippen LogP contribution is 2.38. The number of aryl methyl sites for hydroxylation is 1. The van der Waals surface area contributed by atoms with Crippen LogP contribution in [0.1, 0.15) is 77.1 Å². The minimum atomic E-state index is 0.354. The lowest BCUT2D eigenvalue weighted by atomic mass is 9.99. The summed E-state index contributed by atoms with van der Waals surface area (Å²) in [6.07, 6.45) is 4.09. The number of nitrogens with one attached hydrogen (secondary N) is 1. The van der Waals surface area contributed by atoms with E-state index < -0.39 is 0 Å². The zero-order chi connectivity index (χ0) is 20.6. The molecule has 2 aromatic rings. The summed E-state index contributed by atoms with van der Waals surface area (Å²) in [7, 11) is 0. The van der Waals surface area contributed by atoms with E-state index in [4.69, 9.17) is 5.73 Å². The van der Waals surface area contributed by atoms with Gasteiger partial charge in [-0.15, -0.1) is 6.58 Å². The van der Waals surface area contributed by atoms with Crippen LogP contribution in [0.2, 0.25) is 0 Å². The molecule has 0 aliphatic rings. The van der Waals surface area contributed by atoms with Gasteiger partial charge in [-0.05, 0) is 61.8 Å². The Balaban J connectivity index is 0.000000387. The number of aromatic nitrogens is 1. The topological polar surface area (TPSA) is 41.8 Å². The van der Waals surface area contributed by atoms with E-state index in [0.29, 0.717) is 24.6 Å². The van der Waals surface area contributed by atoms with Crippen molar-refractivity contribution in [3.63, 3.8) is 0 Å². The number of halogens is 1. The van der Waals surface area contributed by atoms with Gasteiger partial charge in [0, 0.05) is 16.6 Å². The van der Waals surface area contributed by atoms with Crippen LogP contribution in [0, 0.1) is 5.92 Å². The Labute approximate surface area is 169 Å². The van der Waals surface area contributed by atoms with Crippen LogP contribution >= 0.6 is 12.1 Å². The molecule has 4 heteroatoms. The van der Waals surface area contributed by atoms with Crippen molar-refractivity contribution < 1.29 is 3.89 Å². The maximum atomic E-state index is 13.4. The normalized spacial score (nSPS) is 12.2. The van der Waals surface area contributed by atoms with Gasteiger partial charge < -0.3 is 10.7 Å². The second-order valence-corrected chi connectivity index (χ2v) is 8.35. The van der Waals surface area contributed by atoms with E-state index in [1.807, 2.05) is 6.07 Å². The van der Waals surface area contributed by atoms with Crippen LogP contribution in [-0.4, -0.2) is 11.5 Å². The van der Waals surface area contributed by atoms with Gasteiger partial charge in [-0.3, -0.25) is 0 Å². The number of hydrogen-bond acceptors (Lipinski definition) is 2. The van der Waals surface area contributed by atoms with E-state index in [-0.39, 0.29) is 0 Å². The Kier molecular flexibility index (Phi) is 10.2. The first-order valence-corrected chi connectivity index (χ1v) is 10.8. The molecule has 0 amide bonds. The fraction of sp³-hybridized carbons (Fsp3) is 0.565. The Morgan fingerprint density at radius 1 is 1.26 bits per heavy atom. The van der Waals surface area contributed by atoms with Crippen LogP contribution in [0.3, 0.4) is 0 Å². The lowest BCUT2D eigenvalue weighted by Crippen LogP contribution is -2.05. The van der Waals surface area contributed by atoms with Gasteiger partial charge in [0.2, 0.25) is 0 Å². The molecule has 0 aliphatic carbocycles. The Morgan fingerprint density at radius 2 is 1.93 bits per heavy atom. The molecule has 1 aromatic heterocycles. The first-order chi connectivity index (χ1) is 12.8. The molecule has 3 N–H and O–H groups in total.